The van der Waals surface area contributed by atoms with Crippen molar-refractivity contribution < 1.29 is 0 Å². The third-order valence-electron chi connectivity index (χ3n) is 5.85. The maximum absolute atomic E-state index is 4.60. The van der Waals surface area contributed by atoms with Crippen molar-refractivity contribution in [2.45, 2.75) is 46.7 Å². The van der Waals surface area contributed by atoms with E-state index in [9.17, 15) is 0 Å². The monoisotopic (exact) mass is 409 g/mol. The number of unbranched alkanes of at least 4 members (excludes halogenated alkanes) is 1. The van der Waals surface area contributed by atoms with Crippen LogP contribution >= 0.6 is 0 Å². The summed E-state index contributed by atoms with van der Waals surface area (Å²) in [7, 11) is 0. The maximum Gasteiger partial charge on any atom is 0.177 e. The molecule has 0 bridgehead atoms. The van der Waals surface area contributed by atoms with Gasteiger partial charge in [0.1, 0.15) is 11.5 Å². The molecule has 0 spiro atoms. The Morgan fingerprint density at radius 3 is 2.10 bits per heavy atom. The number of nitrogens with zero attached hydrogens (tertiary/aromatic N) is 5. The molecule has 0 aliphatic rings. The van der Waals surface area contributed by atoms with E-state index >= 15 is 0 Å². The molecule has 5 nitrogen and oxygen atoms in total. The number of aromatic nitrogens is 5. The average molecular weight is 410 g/mol. The lowest BCUT2D eigenvalue weighted by atomic mass is 10.1. The van der Waals surface area contributed by atoms with Crippen molar-refractivity contribution in [1.29, 1.82) is 0 Å². The third-order valence-corrected chi connectivity index (χ3v) is 5.85. The molecular formula is C26H27N5. The van der Waals surface area contributed by atoms with Gasteiger partial charge in [-0.3, -0.25) is 4.98 Å². The lowest BCUT2D eigenvalue weighted by Crippen LogP contribution is -2.06. The normalized spacial score (nSPS) is 11.6. The van der Waals surface area contributed by atoms with Crippen LogP contribution in [0.4, 0.5) is 0 Å². The molecule has 156 valence electrons. The second-order valence-electron chi connectivity index (χ2n) is 8.32. The molecule has 5 rings (SSSR count). The number of hydrogen-bond donors (Lipinski definition) is 0. The predicted octanol–water partition coefficient (Wildman–Crippen LogP) is 5.85. The minimum atomic E-state index is 0.786. The first kappa shape index (κ1) is 19.5. The maximum atomic E-state index is 4.60. The number of fused-ring (bicyclic) bond motifs is 3. The Bertz CT molecular complexity index is 1300. The van der Waals surface area contributed by atoms with Gasteiger partial charge in [0.2, 0.25) is 0 Å². The van der Waals surface area contributed by atoms with E-state index < -0.39 is 0 Å². The molecule has 3 heterocycles. The van der Waals surface area contributed by atoms with Crippen molar-refractivity contribution >= 4 is 21.8 Å². The second kappa shape index (κ2) is 7.99. The standard InChI is InChI=1S/C26H27N5/c1-18-9-11-24-21(16-18)22-17-19(2)10-12-25(22)30(24)14-6-7-15-31-26(28-20(3)29-31)23-8-4-5-13-27-23/h4-5,8-13,16-17H,6-7,14-15H2,1-3H3. The topological polar surface area (TPSA) is 48.5 Å². The van der Waals surface area contributed by atoms with Gasteiger partial charge in [0, 0.05) is 41.1 Å². The fourth-order valence-corrected chi connectivity index (χ4v) is 4.40. The van der Waals surface area contributed by atoms with E-state index in [0.717, 1.165) is 43.3 Å². The summed E-state index contributed by atoms with van der Waals surface area (Å²) in [4.78, 5) is 9.04. The third kappa shape index (κ3) is 3.72. The Hall–Kier alpha value is -3.47. The highest BCUT2D eigenvalue weighted by atomic mass is 15.3. The molecule has 0 atom stereocenters. The van der Waals surface area contributed by atoms with Gasteiger partial charge in [-0.1, -0.05) is 29.3 Å². The first-order valence-corrected chi connectivity index (χ1v) is 10.9. The van der Waals surface area contributed by atoms with Crippen LogP contribution in [-0.2, 0) is 13.1 Å². The van der Waals surface area contributed by atoms with Crippen molar-refractivity contribution in [3.8, 4) is 11.5 Å². The van der Waals surface area contributed by atoms with Gasteiger partial charge in [0.25, 0.3) is 0 Å². The van der Waals surface area contributed by atoms with Crippen molar-refractivity contribution in [3.63, 3.8) is 0 Å². The Morgan fingerprint density at radius 2 is 1.45 bits per heavy atom. The molecule has 5 heteroatoms. The largest absolute Gasteiger partial charge is 0.340 e. The van der Waals surface area contributed by atoms with Gasteiger partial charge in [-0.15, -0.1) is 0 Å². The molecule has 5 aromatic rings. The quantitative estimate of drug-likeness (QED) is 0.330. The van der Waals surface area contributed by atoms with Gasteiger partial charge in [-0.2, -0.15) is 5.10 Å². The molecule has 31 heavy (non-hydrogen) atoms. The van der Waals surface area contributed by atoms with Gasteiger partial charge in [0.05, 0.1) is 0 Å². The fraction of sp³-hybridized carbons (Fsp3) is 0.269. The summed E-state index contributed by atoms with van der Waals surface area (Å²) in [6.45, 7) is 8.08. The molecule has 0 unspecified atom stereocenters. The van der Waals surface area contributed by atoms with Crippen LogP contribution in [0.15, 0.2) is 60.8 Å². The van der Waals surface area contributed by atoms with Crippen molar-refractivity contribution in [3.05, 3.63) is 77.7 Å². The van der Waals surface area contributed by atoms with Crippen LogP contribution in [0.3, 0.4) is 0 Å². The van der Waals surface area contributed by atoms with Gasteiger partial charge < -0.3 is 4.57 Å². The lowest BCUT2D eigenvalue weighted by Gasteiger charge is -2.09. The van der Waals surface area contributed by atoms with Gasteiger partial charge in [0.15, 0.2) is 5.82 Å². The predicted molar refractivity (Wildman–Crippen MR) is 126 cm³/mol. The highest BCUT2D eigenvalue weighted by molar-refractivity contribution is 6.08. The van der Waals surface area contributed by atoms with Crippen LogP contribution in [0.1, 0.15) is 29.8 Å². The molecule has 0 saturated carbocycles. The molecule has 0 N–H and O–H groups in total. The van der Waals surface area contributed by atoms with Crippen LogP contribution < -0.4 is 0 Å². The molecule has 0 amide bonds. The highest BCUT2D eigenvalue weighted by Gasteiger charge is 2.13. The molecule has 0 radical (unpaired) electrons. The highest BCUT2D eigenvalue weighted by Crippen LogP contribution is 2.31. The minimum absolute atomic E-state index is 0.786. The summed E-state index contributed by atoms with van der Waals surface area (Å²) < 4.78 is 4.46. The van der Waals surface area contributed by atoms with Crippen molar-refractivity contribution in [2.24, 2.45) is 0 Å². The zero-order valence-corrected chi connectivity index (χ0v) is 18.3. The number of pyridine rings is 1. The van der Waals surface area contributed by atoms with E-state index in [0.29, 0.717) is 0 Å². The second-order valence-corrected chi connectivity index (χ2v) is 8.32. The summed E-state index contributed by atoms with van der Waals surface area (Å²) in [5.74, 6) is 1.63. The molecule has 0 aliphatic heterocycles. The molecule has 0 saturated heterocycles. The molecule has 0 aliphatic carbocycles. The summed E-state index contributed by atoms with van der Waals surface area (Å²) >= 11 is 0. The van der Waals surface area contributed by atoms with Crippen LogP contribution in [0.5, 0.6) is 0 Å². The zero-order valence-electron chi connectivity index (χ0n) is 18.3. The Balaban J connectivity index is 1.37. The fourth-order valence-electron chi connectivity index (χ4n) is 4.40. The van der Waals surface area contributed by atoms with Crippen LogP contribution in [0.2, 0.25) is 0 Å². The van der Waals surface area contributed by atoms with E-state index in [1.54, 1.807) is 6.20 Å². The Morgan fingerprint density at radius 1 is 0.774 bits per heavy atom. The van der Waals surface area contributed by atoms with E-state index in [2.05, 4.69) is 69.9 Å². The van der Waals surface area contributed by atoms with Gasteiger partial charge >= 0.3 is 0 Å². The molecule has 3 aromatic heterocycles. The summed E-state index contributed by atoms with van der Waals surface area (Å²) in [6, 6.07) is 19.5. The first-order valence-electron chi connectivity index (χ1n) is 10.9. The minimum Gasteiger partial charge on any atom is -0.340 e. The first-order chi connectivity index (χ1) is 15.1. The van der Waals surface area contributed by atoms with Crippen LogP contribution in [0, 0.1) is 20.8 Å². The number of rotatable bonds is 6. The number of hydrogen-bond acceptors (Lipinski definition) is 3. The number of aryl methyl sites for hydroxylation is 5. The van der Waals surface area contributed by atoms with Gasteiger partial charge in [-0.05, 0) is 70.0 Å². The molecule has 2 aromatic carbocycles. The Labute approximate surface area is 182 Å². The molecular weight excluding hydrogens is 382 g/mol. The average Bonchev–Trinajstić information content (AvgIpc) is 3.29. The molecule has 0 fully saturated rings. The Kier molecular flexibility index (Phi) is 5.02. The summed E-state index contributed by atoms with van der Waals surface area (Å²) in [5.41, 5.74) is 6.11. The van der Waals surface area contributed by atoms with Gasteiger partial charge in [-0.25, -0.2) is 9.67 Å². The van der Waals surface area contributed by atoms with E-state index in [-0.39, 0.29) is 0 Å². The summed E-state index contributed by atoms with van der Waals surface area (Å²) in [6.07, 6.45) is 3.90. The van der Waals surface area contributed by atoms with Crippen molar-refractivity contribution in [2.75, 3.05) is 0 Å². The van der Waals surface area contributed by atoms with E-state index in [1.807, 2.05) is 29.8 Å². The lowest BCUT2D eigenvalue weighted by molar-refractivity contribution is 0.532. The van der Waals surface area contributed by atoms with Crippen LogP contribution in [-0.4, -0.2) is 24.3 Å². The smallest absolute Gasteiger partial charge is 0.177 e. The number of benzene rings is 2. The SMILES string of the molecule is Cc1ccc2c(c1)c1cc(C)ccc1n2CCCCn1nc(C)nc1-c1ccccn1. The van der Waals surface area contributed by atoms with Crippen molar-refractivity contribution in [1.82, 2.24) is 24.3 Å². The van der Waals surface area contributed by atoms with E-state index in [1.165, 1.54) is 32.9 Å². The van der Waals surface area contributed by atoms with Crippen LogP contribution in [0.25, 0.3) is 33.3 Å². The van der Waals surface area contributed by atoms with E-state index in [4.69, 9.17) is 0 Å². The zero-order chi connectivity index (χ0) is 21.4. The summed E-state index contributed by atoms with van der Waals surface area (Å²) in [5, 5.41) is 7.30.